The summed E-state index contributed by atoms with van der Waals surface area (Å²) in [4.78, 5) is 23.7. The minimum absolute atomic E-state index is 0.0797. The van der Waals surface area contributed by atoms with Gasteiger partial charge in [-0.2, -0.15) is 0 Å². The lowest BCUT2D eigenvalue weighted by Gasteiger charge is -2.26. The molecule has 5 heteroatoms. The van der Waals surface area contributed by atoms with Crippen molar-refractivity contribution in [1.82, 2.24) is 5.32 Å². The Labute approximate surface area is 123 Å². The number of fused-ring (bicyclic) bond motifs is 1. The number of hydrogen-bond acceptors (Lipinski definition) is 3. The third kappa shape index (κ3) is 2.78. The third-order valence-corrected chi connectivity index (χ3v) is 4.41. The van der Waals surface area contributed by atoms with E-state index in [-0.39, 0.29) is 25.0 Å². The van der Waals surface area contributed by atoms with E-state index in [4.69, 9.17) is 9.84 Å². The van der Waals surface area contributed by atoms with Crippen LogP contribution in [0.15, 0.2) is 24.3 Å². The number of amides is 1. The Hall–Kier alpha value is -1.88. The van der Waals surface area contributed by atoms with Gasteiger partial charge in [0.2, 0.25) is 5.91 Å². The van der Waals surface area contributed by atoms with E-state index in [0.29, 0.717) is 0 Å². The molecule has 1 aliphatic heterocycles. The Kier molecular flexibility index (Phi) is 3.92. The molecule has 1 aromatic carbocycles. The molecule has 5 nitrogen and oxygen atoms in total. The number of nitrogens with one attached hydrogen (secondary N) is 1. The zero-order valence-corrected chi connectivity index (χ0v) is 11.7. The van der Waals surface area contributed by atoms with Gasteiger partial charge in [-0.3, -0.25) is 9.59 Å². The fourth-order valence-electron chi connectivity index (χ4n) is 3.25. The second kappa shape index (κ2) is 5.85. The van der Waals surface area contributed by atoms with Crippen LogP contribution in [-0.2, 0) is 20.7 Å². The molecular formula is C16H19NO4. The predicted octanol–water partition coefficient (Wildman–Crippen LogP) is 1.32. The first kappa shape index (κ1) is 14.1. The molecule has 3 atom stereocenters. The molecule has 0 spiro atoms. The number of rotatable bonds is 3. The van der Waals surface area contributed by atoms with Gasteiger partial charge in [-0.05, 0) is 30.4 Å². The van der Waals surface area contributed by atoms with Gasteiger partial charge in [0.1, 0.15) is 5.92 Å². The van der Waals surface area contributed by atoms with Crippen molar-refractivity contribution in [2.45, 2.75) is 31.2 Å². The molecule has 3 rings (SSSR count). The number of aryl methyl sites for hydroxylation is 1. The molecule has 21 heavy (non-hydrogen) atoms. The van der Waals surface area contributed by atoms with Crippen LogP contribution < -0.4 is 5.32 Å². The largest absolute Gasteiger partial charge is 0.481 e. The highest BCUT2D eigenvalue weighted by Crippen LogP contribution is 2.32. The van der Waals surface area contributed by atoms with Gasteiger partial charge in [0.15, 0.2) is 0 Å². The van der Waals surface area contributed by atoms with Gasteiger partial charge >= 0.3 is 5.97 Å². The molecule has 1 heterocycles. The molecule has 2 N–H and O–H groups in total. The normalized spacial score (nSPS) is 27.9. The highest BCUT2D eigenvalue weighted by Gasteiger charge is 2.37. The third-order valence-electron chi connectivity index (χ3n) is 4.41. The van der Waals surface area contributed by atoms with Crippen molar-refractivity contribution in [3.8, 4) is 0 Å². The van der Waals surface area contributed by atoms with E-state index in [2.05, 4.69) is 11.4 Å². The number of carboxylic acids is 1. The number of carbonyl (C=O) groups is 2. The fraction of sp³-hybridized carbons (Fsp3) is 0.500. The molecule has 1 fully saturated rings. The van der Waals surface area contributed by atoms with Gasteiger partial charge in [0, 0.05) is 0 Å². The van der Waals surface area contributed by atoms with Gasteiger partial charge in [0.05, 0.1) is 25.2 Å². The first-order valence-electron chi connectivity index (χ1n) is 7.35. The Morgan fingerprint density at radius 1 is 1.24 bits per heavy atom. The maximum absolute atomic E-state index is 12.5. The number of carboxylic acid groups (broad SMARTS) is 1. The summed E-state index contributed by atoms with van der Waals surface area (Å²) >= 11 is 0. The molecular weight excluding hydrogens is 270 g/mol. The van der Waals surface area contributed by atoms with Crippen molar-refractivity contribution in [3.63, 3.8) is 0 Å². The van der Waals surface area contributed by atoms with Crippen molar-refractivity contribution < 1.29 is 19.4 Å². The average Bonchev–Trinajstić information content (AvgIpc) is 2.95. The molecule has 1 saturated heterocycles. The van der Waals surface area contributed by atoms with Crippen LogP contribution in [0.1, 0.15) is 29.9 Å². The lowest BCUT2D eigenvalue weighted by molar-refractivity contribution is -0.142. The zero-order valence-electron chi connectivity index (χ0n) is 11.7. The van der Waals surface area contributed by atoms with Crippen LogP contribution in [0, 0.1) is 5.92 Å². The second-order valence-electron chi connectivity index (χ2n) is 5.74. The van der Waals surface area contributed by atoms with Crippen molar-refractivity contribution in [1.29, 1.82) is 0 Å². The van der Waals surface area contributed by atoms with Crippen LogP contribution in [0.25, 0.3) is 0 Å². The van der Waals surface area contributed by atoms with E-state index in [0.717, 1.165) is 24.8 Å². The van der Waals surface area contributed by atoms with E-state index in [1.807, 2.05) is 18.2 Å². The number of benzene rings is 1. The summed E-state index contributed by atoms with van der Waals surface area (Å²) in [6.07, 6.45) is 2.80. The molecule has 1 amide bonds. The molecule has 3 unspecified atom stereocenters. The van der Waals surface area contributed by atoms with Crippen LogP contribution in [0.4, 0.5) is 0 Å². The second-order valence-corrected chi connectivity index (χ2v) is 5.74. The maximum atomic E-state index is 12.5. The smallest absolute Gasteiger partial charge is 0.311 e. The molecule has 0 aromatic heterocycles. The van der Waals surface area contributed by atoms with Crippen molar-refractivity contribution in [2.24, 2.45) is 5.92 Å². The molecule has 0 saturated carbocycles. The summed E-state index contributed by atoms with van der Waals surface area (Å²) in [7, 11) is 0. The average molecular weight is 289 g/mol. The number of ether oxygens (including phenoxy) is 1. The van der Waals surface area contributed by atoms with Crippen LogP contribution in [-0.4, -0.2) is 36.2 Å². The van der Waals surface area contributed by atoms with Crippen LogP contribution in [0.2, 0.25) is 0 Å². The fourth-order valence-corrected chi connectivity index (χ4v) is 3.25. The first-order chi connectivity index (χ1) is 10.2. The molecule has 112 valence electrons. The van der Waals surface area contributed by atoms with Gasteiger partial charge in [-0.15, -0.1) is 0 Å². The molecule has 1 aliphatic carbocycles. The standard InChI is InChI=1S/C16H19NO4/c18-15(17-14-9-21-8-13(14)16(19)20)12-7-3-5-10-4-1-2-6-11(10)12/h1-2,4,6,12-14H,3,5,7-9H2,(H,17,18)(H,19,20). The molecule has 0 bridgehead atoms. The summed E-state index contributed by atoms with van der Waals surface area (Å²) in [6, 6.07) is 7.57. The minimum atomic E-state index is -0.915. The monoisotopic (exact) mass is 289 g/mol. The summed E-state index contributed by atoms with van der Waals surface area (Å²) in [5, 5.41) is 12.0. The topological polar surface area (TPSA) is 75.6 Å². The Morgan fingerprint density at radius 2 is 2.05 bits per heavy atom. The maximum Gasteiger partial charge on any atom is 0.311 e. The van der Waals surface area contributed by atoms with Gasteiger partial charge in [-0.25, -0.2) is 0 Å². The summed E-state index contributed by atoms with van der Waals surface area (Å²) < 4.78 is 5.19. The highest BCUT2D eigenvalue weighted by atomic mass is 16.5. The molecule has 1 aromatic rings. The van der Waals surface area contributed by atoms with Crippen molar-refractivity contribution >= 4 is 11.9 Å². The van der Waals surface area contributed by atoms with E-state index < -0.39 is 17.9 Å². The summed E-state index contributed by atoms with van der Waals surface area (Å²) in [5.41, 5.74) is 2.30. The Bertz CT molecular complexity index is 557. The molecule has 2 aliphatic rings. The SMILES string of the molecule is O=C(NC1COCC1C(=O)O)C1CCCc2ccccc21. The quantitative estimate of drug-likeness (QED) is 0.880. The molecule has 0 radical (unpaired) electrons. The van der Waals surface area contributed by atoms with Crippen LogP contribution >= 0.6 is 0 Å². The van der Waals surface area contributed by atoms with Crippen LogP contribution in [0.3, 0.4) is 0 Å². The lowest BCUT2D eigenvalue weighted by atomic mass is 9.82. The van der Waals surface area contributed by atoms with Crippen LogP contribution in [0.5, 0.6) is 0 Å². The lowest BCUT2D eigenvalue weighted by Crippen LogP contribution is -2.45. The summed E-state index contributed by atoms with van der Waals surface area (Å²) in [6.45, 7) is 0.443. The van der Waals surface area contributed by atoms with E-state index in [1.54, 1.807) is 0 Å². The van der Waals surface area contributed by atoms with E-state index in [1.165, 1.54) is 5.56 Å². The Morgan fingerprint density at radius 3 is 2.86 bits per heavy atom. The number of carbonyl (C=O) groups excluding carboxylic acids is 1. The predicted molar refractivity (Wildman–Crippen MR) is 76.0 cm³/mol. The first-order valence-corrected chi connectivity index (χ1v) is 7.35. The van der Waals surface area contributed by atoms with Crippen molar-refractivity contribution in [3.05, 3.63) is 35.4 Å². The zero-order chi connectivity index (χ0) is 14.8. The number of hydrogen-bond donors (Lipinski definition) is 2. The Balaban J connectivity index is 1.73. The van der Waals surface area contributed by atoms with Gasteiger partial charge in [-0.1, -0.05) is 24.3 Å². The highest BCUT2D eigenvalue weighted by molar-refractivity contribution is 5.85. The van der Waals surface area contributed by atoms with E-state index >= 15 is 0 Å². The number of aliphatic carboxylic acids is 1. The van der Waals surface area contributed by atoms with E-state index in [9.17, 15) is 9.59 Å². The van der Waals surface area contributed by atoms with Crippen molar-refractivity contribution in [2.75, 3.05) is 13.2 Å². The van der Waals surface area contributed by atoms with Gasteiger partial charge in [0.25, 0.3) is 0 Å². The minimum Gasteiger partial charge on any atom is -0.481 e. The van der Waals surface area contributed by atoms with Gasteiger partial charge < -0.3 is 15.2 Å². The summed E-state index contributed by atoms with van der Waals surface area (Å²) in [5.74, 6) is -1.82.